The van der Waals surface area contributed by atoms with Crippen molar-refractivity contribution in [3.63, 3.8) is 0 Å². The molecular weight excluding hydrogens is 474 g/mol. The van der Waals surface area contributed by atoms with E-state index in [0.29, 0.717) is 5.02 Å². The minimum atomic E-state index is -4.60. The summed E-state index contributed by atoms with van der Waals surface area (Å²) in [6.07, 6.45) is 0. The van der Waals surface area contributed by atoms with Crippen molar-refractivity contribution in [2.45, 2.75) is 9.79 Å². The van der Waals surface area contributed by atoms with Gasteiger partial charge in [0, 0.05) is 10.7 Å². The monoisotopic (exact) mass is 488 g/mol. The van der Waals surface area contributed by atoms with Crippen LogP contribution in [0.25, 0.3) is 0 Å². The number of halogens is 3. The van der Waals surface area contributed by atoms with E-state index in [4.69, 9.17) is 16.3 Å². The van der Waals surface area contributed by atoms with Crippen molar-refractivity contribution in [2.24, 2.45) is 0 Å². The van der Waals surface area contributed by atoms with Crippen LogP contribution in [-0.4, -0.2) is 23.9 Å². The van der Waals surface area contributed by atoms with Crippen LogP contribution in [0.15, 0.2) is 70.5 Å². The third-order valence-corrected chi connectivity index (χ3v) is 7.04. The number of hydrogen-bond acceptors (Lipinski definition) is 5. The van der Waals surface area contributed by atoms with Crippen molar-refractivity contribution >= 4 is 43.0 Å². The van der Waals surface area contributed by atoms with Gasteiger partial charge in [-0.2, -0.15) is 0 Å². The zero-order valence-corrected chi connectivity index (χ0v) is 18.2. The summed E-state index contributed by atoms with van der Waals surface area (Å²) < 4.78 is 87.4. The SMILES string of the molecule is COc1ccc(S(=O)(=O)Nc2ccc(Cl)cc2)cc1NS(=O)(=O)c1cccc(F)c1F. The van der Waals surface area contributed by atoms with Crippen molar-refractivity contribution in [2.75, 3.05) is 16.6 Å². The molecule has 3 aromatic carbocycles. The van der Waals surface area contributed by atoms with Gasteiger partial charge in [0.25, 0.3) is 20.0 Å². The Morgan fingerprint density at radius 2 is 1.55 bits per heavy atom. The maximum Gasteiger partial charge on any atom is 0.265 e. The molecule has 0 aliphatic heterocycles. The fourth-order valence-corrected chi connectivity index (χ4v) is 4.92. The van der Waals surface area contributed by atoms with Gasteiger partial charge in [-0.05, 0) is 54.6 Å². The zero-order chi connectivity index (χ0) is 22.8. The van der Waals surface area contributed by atoms with Crippen molar-refractivity contribution in [1.82, 2.24) is 0 Å². The van der Waals surface area contributed by atoms with Crippen LogP contribution in [0.3, 0.4) is 0 Å². The quantitative estimate of drug-likeness (QED) is 0.518. The summed E-state index contributed by atoms with van der Waals surface area (Å²) in [6.45, 7) is 0. The van der Waals surface area contributed by atoms with E-state index in [1.165, 1.54) is 43.5 Å². The molecule has 0 amide bonds. The normalized spacial score (nSPS) is 11.7. The van der Waals surface area contributed by atoms with E-state index in [-0.39, 0.29) is 22.0 Å². The first-order valence-electron chi connectivity index (χ1n) is 8.47. The second-order valence-electron chi connectivity index (χ2n) is 6.13. The molecule has 0 saturated heterocycles. The third kappa shape index (κ3) is 5.06. The van der Waals surface area contributed by atoms with Crippen LogP contribution in [0.4, 0.5) is 20.2 Å². The number of anilines is 2. The molecule has 0 fully saturated rings. The number of methoxy groups -OCH3 is 1. The third-order valence-electron chi connectivity index (χ3n) is 4.03. The Balaban J connectivity index is 1.99. The van der Waals surface area contributed by atoms with E-state index in [1.54, 1.807) is 0 Å². The van der Waals surface area contributed by atoms with Gasteiger partial charge in [0.05, 0.1) is 17.7 Å². The number of ether oxygens (including phenoxy) is 1. The molecule has 0 atom stereocenters. The van der Waals surface area contributed by atoms with Gasteiger partial charge in [-0.3, -0.25) is 9.44 Å². The standard InChI is InChI=1S/C19H15ClF2N2O5S2/c1-29-17-10-9-14(30(25,26)23-13-7-5-12(20)6-8-13)11-16(17)24-31(27,28)18-4-2-3-15(21)19(18)22/h2-11,23-24H,1H3. The van der Waals surface area contributed by atoms with Gasteiger partial charge < -0.3 is 4.74 Å². The fourth-order valence-electron chi connectivity index (χ4n) is 2.56. The van der Waals surface area contributed by atoms with Gasteiger partial charge in [0.15, 0.2) is 11.6 Å². The maximum atomic E-state index is 14.0. The Labute approximate surface area is 182 Å². The van der Waals surface area contributed by atoms with Gasteiger partial charge in [0.2, 0.25) is 0 Å². The minimum absolute atomic E-state index is 0.0363. The first-order chi connectivity index (χ1) is 14.5. The van der Waals surface area contributed by atoms with Crippen molar-refractivity contribution in [3.05, 3.63) is 77.3 Å². The Morgan fingerprint density at radius 3 is 2.19 bits per heavy atom. The van der Waals surface area contributed by atoms with Crippen molar-refractivity contribution < 1.29 is 30.4 Å². The lowest BCUT2D eigenvalue weighted by atomic mass is 10.3. The van der Waals surface area contributed by atoms with Crippen molar-refractivity contribution in [3.8, 4) is 5.75 Å². The summed E-state index contributed by atoms with van der Waals surface area (Å²) in [6, 6.07) is 11.9. The number of nitrogens with one attached hydrogen (secondary N) is 2. The Morgan fingerprint density at radius 1 is 0.871 bits per heavy atom. The average molecular weight is 489 g/mol. The topological polar surface area (TPSA) is 102 Å². The molecule has 31 heavy (non-hydrogen) atoms. The van der Waals surface area contributed by atoms with Crippen LogP contribution >= 0.6 is 11.6 Å². The van der Waals surface area contributed by atoms with Crippen LogP contribution in [0.5, 0.6) is 5.75 Å². The first-order valence-corrected chi connectivity index (χ1v) is 11.8. The largest absolute Gasteiger partial charge is 0.495 e. The summed E-state index contributed by atoms with van der Waals surface area (Å²) in [7, 11) is -7.49. The van der Waals surface area contributed by atoms with E-state index < -0.39 is 36.6 Å². The minimum Gasteiger partial charge on any atom is -0.495 e. The highest BCUT2D eigenvalue weighted by molar-refractivity contribution is 7.93. The van der Waals surface area contributed by atoms with E-state index in [2.05, 4.69) is 4.72 Å². The van der Waals surface area contributed by atoms with Gasteiger partial charge >= 0.3 is 0 Å². The lowest BCUT2D eigenvalue weighted by molar-refractivity contribution is 0.416. The molecule has 3 rings (SSSR count). The molecule has 12 heteroatoms. The summed E-state index contributed by atoms with van der Waals surface area (Å²) in [5, 5.41) is 0.411. The maximum absolute atomic E-state index is 14.0. The smallest absolute Gasteiger partial charge is 0.265 e. The Kier molecular flexibility index (Phi) is 6.39. The second kappa shape index (κ2) is 8.69. The number of rotatable bonds is 7. The van der Waals surface area contributed by atoms with E-state index >= 15 is 0 Å². The van der Waals surface area contributed by atoms with Gasteiger partial charge in [-0.25, -0.2) is 25.6 Å². The summed E-state index contributed by atoms with van der Waals surface area (Å²) in [5.41, 5.74) is -0.0608. The molecule has 0 aliphatic carbocycles. The summed E-state index contributed by atoms with van der Waals surface area (Å²) in [5.74, 6) is -2.95. The molecule has 2 N–H and O–H groups in total. The molecule has 7 nitrogen and oxygen atoms in total. The lowest BCUT2D eigenvalue weighted by Crippen LogP contribution is -2.17. The van der Waals surface area contributed by atoms with E-state index in [9.17, 15) is 25.6 Å². The van der Waals surface area contributed by atoms with E-state index in [0.717, 1.165) is 24.3 Å². The van der Waals surface area contributed by atoms with Crippen LogP contribution < -0.4 is 14.2 Å². The number of sulfonamides is 2. The molecule has 0 aliphatic rings. The van der Waals surface area contributed by atoms with Gasteiger partial charge in [-0.1, -0.05) is 17.7 Å². The molecule has 0 radical (unpaired) electrons. The number of hydrogen-bond donors (Lipinski definition) is 2. The molecule has 0 saturated carbocycles. The summed E-state index contributed by atoms with van der Waals surface area (Å²) in [4.78, 5) is -1.25. The fraction of sp³-hybridized carbons (Fsp3) is 0.0526. The first kappa shape index (κ1) is 22.8. The molecule has 3 aromatic rings. The molecule has 0 unspecified atom stereocenters. The predicted octanol–water partition coefficient (Wildman–Crippen LogP) is 4.23. The molecule has 0 spiro atoms. The van der Waals surface area contributed by atoms with Gasteiger partial charge in [-0.15, -0.1) is 0 Å². The van der Waals surface area contributed by atoms with Crippen LogP contribution in [-0.2, 0) is 20.0 Å². The Bertz CT molecular complexity index is 1330. The van der Waals surface area contributed by atoms with Crippen LogP contribution in [0, 0.1) is 11.6 Å². The lowest BCUT2D eigenvalue weighted by Gasteiger charge is -2.15. The highest BCUT2D eigenvalue weighted by atomic mass is 35.5. The van der Waals surface area contributed by atoms with Crippen molar-refractivity contribution in [1.29, 1.82) is 0 Å². The van der Waals surface area contributed by atoms with E-state index in [1.807, 2.05) is 4.72 Å². The highest BCUT2D eigenvalue weighted by Gasteiger charge is 2.24. The average Bonchev–Trinajstić information content (AvgIpc) is 2.71. The van der Waals surface area contributed by atoms with Crippen LogP contribution in [0.1, 0.15) is 0 Å². The molecule has 0 aromatic heterocycles. The zero-order valence-electron chi connectivity index (χ0n) is 15.8. The molecule has 0 bridgehead atoms. The summed E-state index contributed by atoms with van der Waals surface area (Å²) >= 11 is 5.78. The molecule has 164 valence electrons. The molecular formula is C19H15ClF2N2O5S2. The predicted molar refractivity (Wildman–Crippen MR) is 112 cm³/mol. The Hall–Kier alpha value is -2.89. The van der Waals surface area contributed by atoms with Crippen LogP contribution in [0.2, 0.25) is 5.02 Å². The molecule has 0 heterocycles. The second-order valence-corrected chi connectivity index (χ2v) is 9.90. The number of benzene rings is 3. The van der Waals surface area contributed by atoms with Gasteiger partial charge in [0.1, 0.15) is 10.6 Å². The highest BCUT2D eigenvalue weighted by Crippen LogP contribution is 2.31.